The van der Waals surface area contributed by atoms with Crippen molar-refractivity contribution in [2.24, 2.45) is 5.92 Å². The lowest BCUT2D eigenvalue weighted by molar-refractivity contribution is -0.274. The van der Waals surface area contributed by atoms with Gasteiger partial charge >= 0.3 is 6.36 Å². The highest BCUT2D eigenvalue weighted by atomic mass is 19.4. The Hall–Kier alpha value is -1.27. The normalized spacial score (nSPS) is 24.1. The smallest absolute Gasteiger partial charge is 0.406 e. The first-order valence-electron chi connectivity index (χ1n) is 6.60. The van der Waals surface area contributed by atoms with Gasteiger partial charge in [-0.3, -0.25) is 0 Å². The summed E-state index contributed by atoms with van der Waals surface area (Å²) in [5.41, 5.74) is 0.902. The maximum atomic E-state index is 12.0. The van der Waals surface area contributed by atoms with Crippen molar-refractivity contribution in [2.75, 3.05) is 6.54 Å². The standard InChI is InChI=1S/C14H18F3NO2/c1-9(18-8-10-6-12(19)7-10)11-2-4-13(5-3-11)20-14(15,16)17/h2-5,9-10,12,18-19H,6-8H2,1H3. The predicted octanol–water partition coefficient (Wildman–Crippen LogP) is 3.01. The van der Waals surface area contributed by atoms with E-state index in [1.54, 1.807) is 12.1 Å². The van der Waals surface area contributed by atoms with Crippen LogP contribution in [0.25, 0.3) is 0 Å². The monoisotopic (exact) mass is 289 g/mol. The summed E-state index contributed by atoms with van der Waals surface area (Å²) < 4.78 is 39.9. The number of aliphatic hydroxyl groups is 1. The highest BCUT2D eigenvalue weighted by Crippen LogP contribution is 2.28. The summed E-state index contributed by atoms with van der Waals surface area (Å²) in [5, 5.41) is 12.5. The molecule has 1 aromatic rings. The highest BCUT2D eigenvalue weighted by Gasteiger charge is 2.31. The van der Waals surface area contributed by atoms with Gasteiger partial charge in [-0.1, -0.05) is 12.1 Å². The minimum Gasteiger partial charge on any atom is -0.406 e. The van der Waals surface area contributed by atoms with Crippen LogP contribution in [0.2, 0.25) is 0 Å². The average molecular weight is 289 g/mol. The second-order valence-corrected chi connectivity index (χ2v) is 5.24. The van der Waals surface area contributed by atoms with Crippen LogP contribution in [-0.2, 0) is 0 Å². The van der Waals surface area contributed by atoms with Crippen molar-refractivity contribution < 1.29 is 23.0 Å². The largest absolute Gasteiger partial charge is 0.573 e. The molecule has 2 rings (SSSR count). The van der Waals surface area contributed by atoms with Crippen molar-refractivity contribution in [1.82, 2.24) is 5.32 Å². The Morgan fingerprint density at radius 1 is 1.30 bits per heavy atom. The molecule has 0 radical (unpaired) electrons. The summed E-state index contributed by atoms with van der Waals surface area (Å²) in [6.45, 7) is 2.76. The lowest BCUT2D eigenvalue weighted by atomic mass is 9.82. The van der Waals surface area contributed by atoms with E-state index in [0.29, 0.717) is 5.92 Å². The van der Waals surface area contributed by atoms with E-state index in [1.807, 2.05) is 6.92 Å². The van der Waals surface area contributed by atoms with E-state index in [0.717, 1.165) is 24.9 Å². The third kappa shape index (κ3) is 4.38. The summed E-state index contributed by atoms with van der Waals surface area (Å²) in [5.74, 6) is 0.274. The van der Waals surface area contributed by atoms with E-state index < -0.39 is 6.36 Å². The third-order valence-electron chi connectivity index (χ3n) is 3.54. The van der Waals surface area contributed by atoms with Crippen molar-refractivity contribution >= 4 is 0 Å². The third-order valence-corrected chi connectivity index (χ3v) is 3.54. The van der Waals surface area contributed by atoms with E-state index in [2.05, 4.69) is 10.1 Å². The fourth-order valence-electron chi connectivity index (χ4n) is 2.29. The van der Waals surface area contributed by atoms with Crippen LogP contribution in [0.3, 0.4) is 0 Å². The first kappa shape index (κ1) is 15.1. The molecule has 112 valence electrons. The Labute approximate surface area is 115 Å². The van der Waals surface area contributed by atoms with Crippen LogP contribution in [0.5, 0.6) is 5.75 Å². The number of nitrogens with one attached hydrogen (secondary N) is 1. The number of rotatable bonds is 5. The predicted molar refractivity (Wildman–Crippen MR) is 68.3 cm³/mol. The Bertz CT molecular complexity index is 427. The van der Waals surface area contributed by atoms with Gasteiger partial charge in [0.05, 0.1) is 6.10 Å². The number of halogens is 3. The molecule has 1 aliphatic rings. The van der Waals surface area contributed by atoms with Gasteiger partial charge < -0.3 is 15.2 Å². The summed E-state index contributed by atoms with van der Waals surface area (Å²) >= 11 is 0. The number of hydrogen-bond acceptors (Lipinski definition) is 3. The van der Waals surface area contributed by atoms with E-state index in [4.69, 9.17) is 0 Å². The minimum atomic E-state index is -4.66. The Morgan fingerprint density at radius 2 is 1.90 bits per heavy atom. The van der Waals surface area contributed by atoms with Gasteiger partial charge in [0, 0.05) is 6.04 Å². The van der Waals surface area contributed by atoms with E-state index in [-0.39, 0.29) is 17.9 Å². The lowest BCUT2D eigenvalue weighted by Gasteiger charge is -2.32. The first-order chi connectivity index (χ1) is 9.33. The van der Waals surface area contributed by atoms with Crippen LogP contribution in [-0.4, -0.2) is 24.1 Å². The lowest BCUT2D eigenvalue weighted by Crippen LogP contribution is -2.36. The van der Waals surface area contributed by atoms with Gasteiger partial charge in [-0.05, 0) is 49.9 Å². The van der Waals surface area contributed by atoms with Gasteiger partial charge in [0.25, 0.3) is 0 Å². The zero-order chi connectivity index (χ0) is 14.8. The fraction of sp³-hybridized carbons (Fsp3) is 0.571. The van der Waals surface area contributed by atoms with E-state index in [1.165, 1.54) is 12.1 Å². The van der Waals surface area contributed by atoms with Gasteiger partial charge in [-0.25, -0.2) is 0 Å². The molecule has 1 aromatic carbocycles. The maximum Gasteiger partial charge on any atom is 0.573 e. The maximum absolute atomic E-state index is 12.0. The van der Waals surface area contributed by atoms with Crippen LogP contribution in [0.1, 0.15) is 31.4 Å². The van der Waals surface area contributed by atoms with Crippen molar-refractivity contribution in [3.05, 3.63) is 29.8 Å². The highest BCUT2D eigenvalue weighted by molar-refractivity contribution is 5.29. The van der Waals surface area contributed by atoms with E-state index in [9.17, 15) is 18.3 Å². The van der Waals surface area contributed by atoms with Crippen LogP contribution >= 0.6 is 0 Å². The molecular formula is C14H18F3NO2. The van der Waals surface area contributed by atoms with Gasteiger partial charge in [0.15, 0.2) is 0 Å². The molecule has 1 aliphatic carbocycles. The van der Waals surface area contributed by atoms with Crippen LogP contribution in [0.15, 0.2) is 24.3 Å². The Kier molecular flexibility index (Phi) is 4.55. The van der Waals surface area contributed by atoms with Crippen molar-refractivity contribution in [2.45, 2.75) is 38.3 Å². The SMILES string of the molecule is CC(NCC1CC(O)C1)c1ccc(OC(F)(F)F)cc1. The molecule has 0 saturated heterocycles. The molecule has 0 spiro atoms. The molecule has 1 fully saturated rings. The number of ether oxygens (including phenoxy) is 1. The van der Waals surface area contributed by atoms with Gasteiger partial charge in [0.2, 0.25) is 0 Å². The number of alkyl halides is 3. The zero-order valence-electron chi connectivity index (χ0n) is 11.2. The topological polar surface area (TPSA) is 41.5 Å². The molecule has 1 saturated carbocycles. The number of hydrogen-bond donors (Lipinski definition) is 2. The molecule has 0 heterocycles. The first-order valence-corrected chi connectivity index (χ1v) is 6.60. The van der Waals surface area contributed by atoms with Gasteiger partial charge in [0.1, 0.15) is 5.75 Å². The van der Waals surface area contributed by atoms with Gasteiger partial charge in [-0.2, -0.15) is 0 Å². The summed E-state index contributed by atoms with van der Waals surface area (Å²) in [6.07, 6.45) is -3.19. The summed E-state index contributed by atoms with van der Waals surface area (Å²) in [4.78, 5) is 0. The van der Waals surface area contributed by atoms with E-state index >= 15 is 0 Å². The summed E-state index contributed by atoms with van der Waals surface area (Å²) in [6, 6.07) is 5.91. The van der Waals surface area contributed by atoms with Gasteiger partial charge in [-0.15, -0.1) is 13.2 Å². The van der Waals surface area contributed by atoms with Crippen molar-refractivity contribution in [1.29, 1.82) is 0 Å². The molecule has 3 nitrogen and oxygen atoms in total. The molecule has 0 aliphatic heterocycles. The molecule has 1 unspecified atom stereocenters. The number of aliphatic hydroxyl groups excluding tert-OH is 1. The average Bonchev–Trinajstić information content (AvgIpc) is 2.32. The summed E-state index contributed by atoms with van der Waals surface area (Å²) in [7, 11) is 0. The molecule has 0 bridgehead atoms. The quantitative estimate of drug-likeness (QED) is 0.875. The molecular weight excluding hydrogens is 271 g/mol. The minimum absolute atomic E-state index is 0.0488. The van der Waals surface area contributed by atoms with Crippen LogP contribution < -0.4 is 10.1 Å². The molecule has 0 aromatic heterocycles. The Morgan fingerprint density at radius 3 is 2.40 bits per heavy atom. The van der Waals surface area contributed by atoms with Crippen LogP contribution in [0.4, 0.5) is 13.2 Å². The molecule has 2 N–H and O–H groups in total. The molecule has 20 heavy (non-hydrogen) atoms. The fourth-order valence-corrected chi connectivity index (χ4v) is 2.29. The molecule has 0 amide bonds. The molecule has 6 heteroatoms. The zero-order valence-corrected chi connectivity index (χ0v) is 11.2. The van der Waals surface area contributed by atoms with Crippen LogP contribution in [0, 0.1) is 5.92 Å². The van der Waals surface area contributed by atoms with Crippen molar-refractivity contribution in [3.8, 4) is 5.75 Å². The second-order valence-electron chi connectivity index (χ2n) is 5.24. The number of benzene rings is 1. The second kappa shape index (κ2) is 6.01. The Balaban J connectivity index is 1.82. The molecule has 1 atom stereocenters. The van der Waals surface area contributed by atoms with Crippen molar-refractivity contribution in [3.63, 3.8) is 0 Å².